The lowest BCUT2D eigenvalue weighted by Gasteiger charge is -2.28. The number of carbonyl (C=O) groups is 1. The van der Waals surface area contributed by atoms with Gasteiger partial charge >= 0.3 is 5.97 Å². The van der Waals surface area contributed by atoms with Gasteiger partial charge in [-0.25, -0.2) is 9.48 Å². The van der Waals surface area contributed by atoms with Crippen molar-refractivity contribution in [3.8, 4) is 0 Å². The Hall–Kier alpha value is -3.03. The molecule has 1 aliphatic rings. The van der Waals surface area contributed by atoms with E-state index in [1.807, 2.05) is 61.5 Å². The highest BCUT2D eigenvalue weighted by Gasteiger charge is 2.35. The van der Waals surface area contributed by atoms with E-state index in [2.05, 4.69) is 16.9 Å². The van der Waals surface area contributed by atoms with Crippen molar-refractivity contribution in [1.29, 1.82) is 0 Å². The Kier molecular flexibility index (Phi) is 6.44. The van der Waals surface area contributed by atoms with Crippen LogP contribution in [-0.2, 0) is 15.3 Å². The van der Waals surface area contributed by atoms with Crippen molar-refractivity contribution in [2.75, 3.05) is 11.9 Å². The van der Waals surface area contributed by atoms with Gasteiger partial charge in [-0.2, -0.15) is 4.98 Å². The van der Waals surface area contributed by atoms with E-state index >= 15 is 0 Å². The zero-order valence-electron chi connectivity index (χ0n) is 16.9. The van der Waals surface area contributed by atoms with E-state index in [1.165, 1.54) is 11.8 Å². The summed E-state index contributed by atoms with van der Waals surface area (Å²) in [5, 5.41) is 9.21. The molecule has 1 N–H and O–H groups in total. The number of thioether (sulfide) groups is 1. The average Bonchev–Trinajstić information content (AvgIpc) is 3.18. The molecule has 31 heavy (non-hydrogen) atoms. The number of nitrogens with zero attached hydrogens (tertiary/aromatic N) is 3. The highest BCUT2D eigenvalue weighted by Crippen LogP contribution is 2.37. The van der Waals surface area contributed by atoms with Crippen LogP contribution in [0.25, 0.3) is 0 Å². The van der Waals surface area contributed by atoms with Crippen LogP contribution in [0.15, 0.2) is 83.7 Å². The number of hydrogen-bond acceptors (Lipinski definition) is 6. The molecule has 0 bridgehead atoms. The summed E-state index contributed by atoms with van der Waals surface area (Å²) in [5.41, 5.74) is 3.11. The summed E-state index contributed by atoms with van der Waals surface area (Å²) in [7, 11) is 0. The van der Waals surface area contributed by atoms with Gasteiger partial charge in [-0.05, 0) is 24.1 Å². The van der Waals surface area contributed by atoms with Crippen LogP contribution >= 0.6 is 23.4 Å². The second kappa shape index (κ2) is 9.41. The average molecular weight is 453 g/mol. The van der Waals surface area contributed by atoms with Crippen molar-refractivity contribution >= 4 is 35.3 Å². The van der Waals surface area contributed by atoms with Gasteiger partial charge in [0.05, 0.1) is 5.57 Å². The molecule has 0 amide bonds. The van der Waals surface area contributed by atoms with Crippen molar-refractivity contribution in [2.24, 2.45) is 0 Å². The van der Waals surface area contributed by atoms with Crippen molar-refractivity contribution in [2.45, 2.75) is 23.9 Å². The summed E-state index contributed by atoms with van der Waals surface area (Å²) in [6, 6.07) is 17.0. The normalized spacial score (nSPS) is 15.2. The molecule has 2 heterocycles. The fraction of sp³-hybridized carbons (Fsp3) is 0.174. The minimum atomic E-state index is -0.447. The van der Waals surface area contributed by atoms with E-state index < -0.39 is 12.0 Å². The van der Waals surface area contributed by atoms with Crippen molar-refractivity contribution in [3.05, 3.63) is 94.7 Å². The fourth-order valence-electron chi connectivity index (χ4n) is 3.37. The number of hydrogen-bond donors (Lipinski definition) is 1. The van der Waals surface area contributed by atoms with Gasteiger partial charge in [0.15, 0.2) is 0 Å². The summed E-state index contributed by atoms with van der Waals surface area (Å²) >= 11 is 7.76. The van der Waals surface area contributed by atoms with Gasteiger partial charge in [0.1, 0.15) is 12.6 Å². The second-order valence-corrected chi connectivity index (χ2v) is 8.26. The maximum atomic E-state index is 12.9. The van der Waals surface area contributed by atoms with Crippen molar-refractivity contribution in [1.82, 2.24) is 14.8 Å². The maximum absolute atomic E-state index is 12.9. The number of halogens is 1. The highest BCUT2D eigenvalue weighted by atomic mass is 35.5. The van der Waals surface area contributed by atoms with Gasteiger partial charge in [-0.3, -0.25) is 0 Å². The Morgan fingerprint density at radius 3 is 2.74 bits per heavy atom. The number of ether oxygens (including phenoxy) is 1. The molecule has 4 rings (SSSR count). The summed E-state index contributed by atoms with van der Waals surface area (Å²) in [6.45, 7) is 5.60. The Bertz CT molecular complexity index is 1140. The third kappa shape index (κ3) is 4.52. The molecule has 1 aliphatic heterocycles. The van der Waals surface area contributed by atoms with E-state index in [0.29, 0.717) is 33.2 Å². The summed E-state index contributed by atoms with van der Waals surface area (Å²) in [5.74, 6) is 0.804. The zero-order valence-corrected chi connectivity index (χ0v) is 18.5. The molecule has 2 aromatic carbocycles. The number of esters is 1. The number of benzene rings is 2. The zero-order chi connectivity index (χ0) is 21.8. The van der Waals surface area contributed by atoms with E-state index in [0.717, 1.165) is 11.1 Å². The molecule has 8 heteroatoms. The number of fused-ring (bicyclic) bond motifs is 1. The van der Waals surface area contributed by atoms with Crippen LogP contribution in [-0.4, -0.2) is 27.3 Å². The molecule has 0 spiro atoms. The van der Waals surface area contributed by atoms with Gasteiger partial charge in [0.2, 0.25) is 11.1 Å². The molecule has 0 fully saturated rings. The molecular weight excluding hydrogens is 432 g/mol. The van der Waals surface area contributed by atoms with Crippen molar-refractivity contribution < 1.29 is 9.53 Å². The van der Waals surface area contributed by atoms with Crippen LogP contribution in [0.3, 0.4) is 0 Å². The molecule has 0 saturated carbocycles. The van der Waals surface area contributed by atoms with E-state index in [-0.39, 0.29) is 6.61 Å². The SMILES string of the molecule is C=CCOC(=O)C1=C(C)Nc2nc(SCc3ccccc3Cl)nn2C1c1ccccc1. The predicted molar refractivity (Wildman–Crippen MR) is 123 cm³/mol. The standard InChI is InChI=1S/C23H21ClN4O2S/c1-3-13-30-21(29)19-15(2)25-22-26-23(31-14-17-11-7-8-12-18(17)24)27-28(22)20(19)16-9-5-4-6-10-16/h3-12,20H,1,13-14H2,2H3,(H,25,26,27). The van der Waals surface area contributed by atoms with Crippen LogP contribution in [0.4, 0.5) is 5.95 Å². The Labute approximate surface area is 190 Å². The Morgan fingerprint density at radius 2 is 2.00 bits per heavy atom. The van der Waals surface area contributed by atoms with Gasteiger partial charge in [0.25, 0.3) is 0 Å². The second-order valence-electron chi connectivity index (χ2n) is 6.91. The lowest BCUT2D eigenvalue weighted by molar-refractivity contribution is -0.138. The summed E-state index contributed by atoms with van der Waals surface area (Å²) in [6.07, 6.45) is 1.55. The first kappa shape index (κ1) is 21.2. The Balaban J connectivity index is 1.67. The lowest BCUT2D eigenvalue weighted by Crippen LogP contribution is -2.29. The minimum absolute atomic E-state index is 0.139. The molecule has 0 aliphatic carbocycles. The Morgan fingerprint density at radius 1 is 1.26 bits per heavy atom. The monoisotopic (exact) mass is 452 g/mol. The molecule has 158 valence electrons. The smallest absolute Gasteiger partial charge is 0.338 e. The van der Waals surface area contributed by atoms with Gasteiger partial charge in [-0.1, -0.05) is 84.5 Å². The first-order chi connectivity index (χ1) is 15.1. The number of allylic oxidation sites excluding steroid dienone is 1. The first-order valence-electron chi connectivity index (χ1n) is 9.72. The predicted octanol–water partition coefficient (Wildman–Crippen LogP) is 5.24. The summed E-state index contributed by atoms with van der Waals surface area (Å²) in [4.78, 5) is 17.5. The van der Waals surface area contributed by atoms with E-state index in [1.54, 1.807) is 10.8 Å². The number of carbonyl (C=O) groups excluding carboxylic acids is 1. The largest absolute Gasteiger partial charge is 0.458 e. The molecule has 1 aromatic heterocycles. The molecule has 1 unspecified atom stereocenters. The highest BCUT2D eigenvalue weighted by molar-refractivity contribution is 7.98. The molecular formula is C23H21ClN4O2S. The minimum Gasteiger partial charge on any atom is -0.458 e. The van der Waals surface area contributed by atoms with Crippen LogP contribution in [0.1, 0.15) is 24.1 Å². The molecule has 0 radical (unpaired) electrons. The van der Waals surface area contributed by atoms with Crippen LogP contribution in [0.5, 0.6) is 0 Å². The van der Waals surface area contributed by atoms with E-state index in [9.17, 15) is 4.79 Å². The maximum Gasteiger partial charge on any atom is 0.338 e. The fourth-order valence-corrected chi connectivity index (χ4v) is 4.49. The third-order valence-electron chi connectivity index (χ3n) is 4.82. The number of aromatic nitrogens is 3. The quantitative estimate of drug-likeness (QED) is 0.300. The van der Waals surface area contributed by atoms with Crippen LogP contribution in [0, 0.1) is 0 Å². The summed E-state index contributed by atoms with van der Waals surface area (Å²) < 4.78 is 7.09. The third-order valence-corrected chi connectivity index (χ3v) is 6.07. The van der Waals surface area contributed by atoms with Gasteiger partial charge < -0.3 is 10.1 Å². The van der Waals surface area contributed by atoms with Crippen LogP contribution < -0.4 is 5.32 Å². The van der Waals surface area contributed by atoms with Crippen LogP contribution in [0.2, 0.25) is 5.02 Å². The molecule has 3 aromatic rings. The first-order valence-corrected chi connectivity index (χ1v) is 11.1. The van der Waals surface area contributed by atoms with Gasteiger partial charge in [-0.15, -0.1) is 5.10 Å². The topological polar surface area (TPSA) is 69.0 Å². The van der Waals surface area contributed by atoms with Crippen molar-refractivity contribution in [3.63, 3.8) is 0 Å². The number of anilines is 1. The molecule has 0 saturated heterocycles. The van der Waals surface area contributed by atoms with E-state index in [4.69, 9.17) is 21.4 Å². The number of nitrogens with one attached hydrogen (secondary N) is 1. The molecule has 6 nitrogen and oxygen atoms in total. The lowest BCUT2D eigenvalue weighted by atomic mass is 9.96. The van der Waals surface area contributed by atoms with Gasteiger partial charge in [0, 0.05) is 16.5 Å². The molecule has 1 atom stereocenters. The number of rotatable bonds is 7.